The summed E-state index contributed by atoms with van der Waals surface area (Å²) in [5.41, 5.74) is 0.944. The van der Waals surface area contributed by atoms with E-state index in [4.69, 9.17) is 5.11 Å². The molecule has 7 atom stereocenters. The summed E-state index contributed by atoms with van der Waals surface area (Å²) in [7, 11) is 0. The number of aliphatic hydroxyl groups is 1. The molecule has 4 rings (SSSR count). The van der Waals surface area contributed by atoms with Gasteiger partial charge < -0.3 is 10.2 Å². The van der Waals surface area contributed by atoms with Crippen molar-refractivity contribution in [3.05, 3.63) is 22.8 Å². The van der Waals surface area contributed by atoms with Gasteiger partial charge in [0.1, 0.15) is 5.78 Å². The molecule has 0 aliphatic heterocycles. The molecule has 0 radical (unpaired) electrons. The maximum atomic E-state index is 14.0. The van der Waals surface area contributed by atoms with Crippen molar-refractivity contribution in [3.8, 4) is 0 Å². The predicted molar refractivity (Wildman–Crippen MR) is 136 cm³/mol. The standard InChI is InChI=1S/C30H44O5/c1-17(9-8-10-18(2)26(34)35)20-15-24(33)30(7)19-11-12-22-27(3,4)23(32)13-14-28(22,5)25(19)21(31)16-29(20,30)6/h10,17,20,22,24,33H,8-9,11-16H2,1-7H3,(H,34,35)/b18-10-/t17-,20-,22+,24+,28+,29-,30-/m1/s1. The molecule has 4 aliphatic rings. The Morgan fingerprint density at radius 2 is 1.80 bits per heavy atom. The van der Waals surface area contributed by atoms with E-state index in [0.29, 0.717) is 37.0 Å². The van der Waals surface area contributed by atoms with Crippen LogP contribution in [-0.4, -0.2) is 33.9 Å². The number of hydrogen-bond donors (Lipinski definition) is 2. The highest BCUT2D eigenvalue weighted by atomic mass is 16.4. The zero-order valence-electron chi connectivity index (χ0n) is 22.7. The van der Waals surface area contributed by atoms with Gasteiger partial charge in [-0.3, -0.25) is 9.59 Å². The van der Waals surface area contributed by atoms with Crippen LogP contribution in [0.25, 0.3) is 0 Å². The monoisotopic (exact) mass is 484 g/mol. The summed E-state index contributed by atoms with van der Waals surface area (Å²) in [4.78, 5) is 38.0. The van der Waals surface area contributed by atoms with Crippen LogP contribution in [0.15, 0.2) is 22.8 Å². The Morgan fingerprint density at radius 3 is 2.43 bits per heavy atom. The lowest BCUT2D eigenvalue weighted by Crippen LogP contribution is -2.57. The largest absolute Gasteiger partial charge is 0.478 e. The molecule has 5 nitrogen and oxygen atoms in total. The lowest BCUT2D eigenvalue weighted by Gasteiger charge is -2.60. The number of hydrogen-bond acceptors (Lipinski definition) is 4. The van der Waals surface area contributed by atoms with E-state index in [1.54, 1.807) is 13.0 Å². The smallest absolute Gasteiger partial charge is 0.330 e. The number of aliphatic hydroxyl groups excluding tert-OH is 1. The van der Waals surface area contributed by atoms with Crippen LogP contribution in [-0.2, 0) is 14.4 Å². The highest BCUT2D eigenvalue weighted by Gasteiger charge is 2.68. The third kappa shape index (κ3) is 3.54. The number of carbonyl (C=O) groups is 3. The Kier molecular flexibility index (Phi) is 6.31. The minimum atomic E-state index is -0.887. The Hall–Kier alpha value is -1.75. The van der Waals surface area contributed by atoms with E-state index < -0.39 is 22.9 Å². The lowest BCUT2D eigenvalue weighted by atomic mass is 9.43. The number of carboxylic acid groups (broad SMARTS) is 1. The molecule has 0 spiro atoms. The molecule has 0 aromatic carbocycles. The van der Waals surface area contributed by atoms with Crippen LogP contribution >= 0.6 is 0 Å². The van der Waals surface area contributed by atoms with E-state index in [1.165, 1.54) is 5.57 Å². The predicted octanol–water partition coefficient (Wildman–Crippen LogP) is 5.90. The van der Waals surface area contributed by atoms with Gasteiger partial charge in [-0.1, -0.05) is 53.2 Å². The second-order valence-corrected chi connectivity index (χ2v) is 13.3. The molecule has 0 aromatic heterocycles. The van der Waals surface area contributed by atoms with E-state index in [9.17, 15) is 19.5 Å². The van der Waals surface area contributed by atoms with Crippen LogP contribution in [0.3, 0.4) is 0 Å². The molecule has 0 saturated heterocycles. The molecule has 4 aliphatic carbocycles. The molecule has 5 heteroatoms. The fraction of sp³-hybridized carbons (Fsp3) is 0.767. The SMILES string of the molecule is C/C(=C/CC[C@@H](C)[C@H]1C[C@H](O)[C@@]2(C)C3=C(C(=O)C[C@]12C)[C@@]1(C)CCC(=O)C(C)(C)[C@@H]1CC3)C(=O)O. The van der Waals surface area contributed by atoms with Crippen molar-refractivity contribution in [2.24, 2.45) is 39.4 Å². The van der Waals surface area contributed by atoms with Gasteiger partial charge in [0.2, 0.25) is 0 Å². The van der Waals surface area contributed by atoms with Crippen molar-refractivity contribution in [2.75, 3.05) is 0 Å². The van der Waals surface area contributed by atoms with Crippen molar-refractivity contribution in [1.29, 1.82) is 0 Å². The van der Waals surface area contributed by atoms with E-state index >= 15 is 0 Å². The van der Waals surface area contributed by atoms with Crippen LogP contribution < -0.4 is 0 Å². The fourth-order valence-electron chi connectivity index (χ4n) is 9.10. The first-order valence-electron chi connectivity index (χ1n) is 13.5. The van der Waals surface area contributed by atoms with Crippen molar-refractivity contribution in [2.45, 2.75) is 106 Å². The maximum absolute atomic E-state index is 14.0. The van der Waals surface area contributed by atoms with Crippen molar-refractivity contribution in [3.63, 3.8) is 0 Å². The van der Waals surface area contributed by atoms with Gasteiger partial charge in [-0.05, 0) is 68.6 Å². The second-order valence-electron chi connectivity index (χ2n) is 13.3. The molecular formula is C30H44O5. The molecule has 0 unspecified atom stereocenters. The zero-order chi connectivity index (χ0) is 26.1. The number of aliphatic carboxylic acids is 1. The number of ketones is 2. The normalized spacial score (nSPS) is 41.8. The molecule has 2 fully saturated rings. The van der Waals surface area contributed by atoms with Crippen LogP contribution in [0, 0.1) is 39.4 Å². The maximum Gasteiger partial charge on any atom is 0.330 e. The van der Waals surface area contributed by atoms with Gasteiger partial charge in [0.05, 0.1) is 6.10 Å². The molecule has 194 valence electrons. The average Bonchev–Trinajstić information content (AvgIpc) is 2.97. The third-order valence-corrected chi connectivity index (χ3v) is 11.5. The minimum absolute atomic E-state index is 0.157. The molecule has 0 heterocycles. The molecule has 0 bridgehead atoms. The Bertz CT molecular complexity index is 1020. The summed E-state index contributed by atoms with van der Waals surface area (Å²) >= 11 is 0. The second kappa shape index (κ2) is 8.39. The fourth-order valence-corrected chi connectivity index (χ4v) is 9.10. The first kappa shape index (κ1) is 26.3. The third-order valence-electron chi connectivity index (χ3n) is 11.5. The summed E-state index contributed by atoms with van der Waals surface area (Å²) in [5.74, 6) is 0.263. The van der Waals surface area contributed by atoms with E-state index in [-0.39, 0.29) is 34.4 Å². The zero-order valence-corrected chi connectivity index (χ0v) is 22.7. The Balaban J connectivity index is 1.71. The highest BCUT2D eigenvalue weighted by Crippen LogP contribution is 2.71. The van der Waals surface area contributed by atoms with Gasteiger partial charge in [-0.15, -0.1) is 0 Å². The quantitative estimate of drug-likeness (QED) is 0.474. The number of fused-ring (bicyclic) bond motifs is 4. The summed E-state index contributed by atoms with van der Waals surface area (Å²) < 4.78 is 0. The minimum Gasteiger partial charge on any atom is -0.478 e. The summed E-state index contributed by atoms with van der Waals surface area (Å²) in [6.07, 6.45) is 6.82. The van der Waals surface area contributed by atoms with Gasteiger partial charge in [-0.25, -0.2) is 4.79 Å². The van der Waals surface area contributed by atoms with Crippen LogP contribution in [0.2, 0.25) is 0 Å². The summed E-state index contributed by atoms with van der Waals surface area (Å²) in [6, 6.07) is 0. The van der Waals surface area contributed by atoms with Crippen molar-refractivity contribution in [1.82, 2.24) is 0 Å². The van der Waals surface area contributed by atoms with E-state index in [2.05, 4.69) is 41.5 Å². The van der Waals surface area contributed by atoms with Gasteiger partial charge in [-0.2, -0.15) is 0 Å². The van der Waals surface area contributed by atoms with Crippen LogP contribution in [0.4, 0.5) is 0 Å². The molecular weight excluding hydrogens is 440 g/mol. The molecule has 2 saturated carbocycles. The molecule has 0 amide bonds. The number of Topliss-reactive ketones (excluding diaryl/α,β-unsaturated/α-hetero) is 2. The van der Waals surface area contributed by atoms with Crippen LogP contribution in [0.1, 0.15) is 99.8 Å². The van der Waals surface area contributed by atoms with E-state index in [0.717, 1.165) is 31.3 Å². The Labute approximate surface area is 210 Å². The first-order valence-corrected chi connectivity index (χ1v) is 13.5. The molecule has 35 heavy (non-hydrogen) atoms. The number of rotatable bonds is 5. The van der Waals surface area contributed by atoms with Crippen LogP contribution in [0.5, 0.6) is 0 Å². The lowest BCUT2D eigenvalue weighted by molar-refractivity contribution is -0.143. The molecule has 0 aromatic rings. The highest BCUT2D eigenvalue weighted by molar-refractivity contribution is 6.00. The number of carbonyl (C=O) groups excluding carboxylic acids is 2. The first-order chi connectivity index (χ1) is 16.1. The van der Waals surface area contributed by atoms with Crippen molar-refractivity contribution < 1.29 is 24.6 Å². The number of carboxylic acids is 1. The van der Waals surface area contributed by atoms with Crippen molar-refractivity contribution >= 4 is 17.5 Å². The number of allylic oxidation sites excluding steroid dienone is 2. The van der Waals surface area contributed by atoms with Gasteiger partial charge >= 0.3 is 5.97 Å². The summed E-state index contributed by atoms with van der Waals surface area (Å²) in [5, 5.41) is 20.8. The van der Waals surface area contributed by atoms with Gasteiger partial charge in [0.15, 0.2) is 5.78 Å². The van der Waals surface area contributed by atoms with Gasteiger partial charge in [0, 0.05) is 40.2 Å². The topological polar surface area (TPSA) is 91.7 Å². The van der Waals surface area contributed by atoms with Gasteiger partial charge in [0.25, 0.3) is 0 Å². The average molecular weight is 485 g/mol. The summed E-state index contributed by atoms with van der Waals surface area (Å²) in [6.45, 7) is 14.6. The molecule has 2 N–H and O–H groups in total. The van der Waals surface area contributed by atoms with E-state index in [1.807, 2.05) is 0 Å². The Morgan fingerprint density at radius 1 is 1.14 bits per heavy atom.